The highest BCUT2D eigenvalue weighted by Crippen LogP contribution is 2.39. The molecule has 2 fully saturated rings. The minimum atomic E-state index is -1.22. The average Bonchev–Trinajstić information content (AvgIpc) is 2.73. The zero-order chi connectivity index (χ0) is 21.2. The van der Waals surface area contributed by atoms with Gasteiger partial charge < -0.3 is 23.7 Å². The highest BCUT2D eigenvalue weighted by atomic mass is 16.8. The van der Waals surface area contributed by atoms with Crippen LogP contribution in [0.2, 0.25) is 0 Å². The molecule has 0 saturated carbocycles. The summed E-state index contributed by atoms with van der Waals surface area (Å²) >= 11 is 0. The molecule has 1 aromatic rings. The first-order valence-corrected chi connectivity index (χ1v) is 9.61. The number of benzene rings is 1. The maximum atomic E-state index is 12.7. The van der Waals surface area contributed by atoms with E-state index in [4.69, 9.17) is 23.7 Å². The number of ketones is 1. The largest absolute Gasteiger partial charge is 0.458 e. The summed E-state index contributed by atoms with van der Waals surface area (Å²) in [5.74, 6) is -3.96. The maximum Gasteiger partial charge on any atom is 0.317 e. The van der Waals surface area contributed by atoms with Crippen molar-refractivity contribution in [1.82, 2.24) is 0 Å². The van der Waals surface area contributed by atoms with E-state index in [0.717, 1.165) is 11.1 Å². The fourth-order valence-corrected chi connectivity index (χ4v) is 3.65. The molecule has 0 bridgehead atoms. The molecule has 1 unspecified atom stereocenters. The number of esters is 1. The SMILES string of the molecule is C=C(C[C@@H]1C(=O)CC([C@@H]2CO[C@@](C)(OC)[C@](C)(OC)O2)OC1=O)c1ccccc1. The number of carbonyl (C=O) groups excluding carboxylic acids is 2. The van der Waals surface area contributed by atoms with Gasteiger partial charge in [-0.15, -0.1) is 0 Å². The van der Waals surface area contributed by atoms with Crippen molar-refractivity contribution < 1.29 is 33.3 Å². The van der Waals surface area contributed by atoms with Crippen LogP contribution in [0.1, 0.15) is 32.3 Å². The van der Waals surface area contributed by atoms with Crippen molar-refractivity contribution in [2.75, 3.05) is 20.8 Å². The molecule has 158 valence electrons. The molecule has 2 heterocycles. The van der Waals surface area contributed by atoms with Crippen molar-refractivity contribution >= 4 is 17.3 Å². The predicted octanol–water partition coefficient (Wildman–Crippen LogP) is 2.73. The summed E-state index contributed by atoms with van der Waals surface area (Å²) in [6.07, 6.45) is -1.11. The highest BCUT2D eigenvalue weighted by molar-refractivity contribution is 6.02. The van der Waals surface area contributed by atoms with Crippen LogP contribution >= 0.6 is 0 Å². The summed E-state index contributed by atoms with van der Waals surface area (Å²) in [5, 5.41) is 0. The van der Waals surface area contributed by atoms with Crippen molar-refractivity contribution in [3.8, 4) is 0 Å². The van der Waals surface area contributed by atoms with Crippen molar-refractivity contribution in [3.63, 3.8) is 0 Å². The zero-order valence-corrected chi connectivity index (χ0v) is 17.3. The van der Waals surface area contributed by atoms with Crippen LogP contribution in [0.25, 0.3) is 5.57 Å². The molecule has 0 N–H and O–H groups in total. The minimum absolute atomic E-state index is 0.0516. The Bertz CT molecular complexity index is 759. The smallest absolute Gasteiger partial charge is 0.317 e. The Hall–Kier alpha value is -2.06. The normalized spacial score (nSPS) is 35.2. The van der Waals surface area contributed by atoms with Gasteiger partial charge in [-0.25, -0.2) is 0 Å². The van der Waals surface area contributed by atoms with Crippen LogP contribution in [0.5, 0.6) is 0 Å². The van der Waals surface area contributed by atoms with E-state index in [1.165, 1.54) is 14.2 Å². The number of methoxy groups -OCH3 is 2. The second kappa shape index (κ2) is 8.36. The molecule has 0 aromatic heterocycles. The van der Waals surface area contributed by atoms with Crippen LogP contribution in [0, 0.1) is 5.92 Å². The molecule has 0 radical (unpaired) electrons. The lowest BCUT2D eigenvalue weighted by molar-refractivity contribution is -0.436. The van der Waals surface area contributed by atoms with Gasteiger partial charge in [-0.2, -0.15) is 0 Å². The Balaban J connectivity index is 1.67. The fourth-order valence-electron chi connectivity index (χ4n) is 3.65. The second-order valence-corrected chi connectivity index (χ2v) is 7.64. The third-order valence-electron chi connectivity index (χ3n) is 5.89. The third kappa shape index (κ3) is 4.14. The van der Waals surface area contributed by atoms with Gasteiger partial charge in [0.25, 0.3) is 0 Å². The minimum Gasteiger partial charge on any atom is -0.458 e. The lowest BCUT2D eigenvalue weighted by Gasteiger charge is -2.50. The van der Waals surface area contributed by atoms with Gasteiger partial charge in [0.2, 0.25) is 11.6 Å². The van der Waals surface area contributed by atoms with Crippen molar-refractivity contribution in [3.05, 3.63) is 42.5 Å². The van der Waals surface area contributed by atoms with Crippen molar-refractivity contribution in [2.45, 2.75) is 50.5 Å². The predicted molar refractivity (Wildman–Crippen MR) is 105 cm³/mol. The summed E-state index contributed by atoms with van der Waals surface area (Å²) in [6, 6.07) is 9.47. The van der Waals surface area contributed by atoms with Gasteiger partial charge >= 0.3 is 5.97 Å². The molecular formula is C22H28O7. The van der Waals surface area contributed by atoms with Gasteiger partial charge in [-0.05, 0) is 31.4 Å². The molecule has 2 saturated heterocycles. The first-order chi connectivity index (χ1) is 13.7. The molecule has 0 spiro atoms. The van der Waals surface area contributed by atoms with Gasteiger partial charge in [0.05, 0.1) is 6.61 Å². The van der Waals surface area contributed by atoms with E-state index in [-0.39, 0.29) is 25.2 Å². The first-order valence-electron chi connectivity index (χ1n) is 9.61. The molecule has 29 heavy (non-hydrogen) atoms. The number of hydrogen-bond donors (Lipinski definition) is 0. The van der Waals surface area contributed by atoms with E-state index < -0.39 is 35.7 Å². The number of Topliss-reactive ketones (excluding diaryl/α,β-unsaturated/α-hetero) is 1. The molecule has 2 aliphatic rings. The maximum absolute atomic E-state index is 12.7. The van der Waals surface area contributed by atoms with Crippen LogP contribution in [0.15, 0.2) is 36.9 Å². The summed E-state index contributed by atoms with van der Waals surface area (Å²) < 4.78 is 28.3. The molecule has 0 aliphatic carbocycles. The van der Waals surface area contributed by atoms with Crippen LogP contribution in [-0.2, 0) is 33.3 Å². The fraction of sp³-hybridized carbons (Fsp3) is 0.545. The summed E-state index contributed by atoms with van der Waals surface area (Å²) in [6.45, 7) is 7.51. The lowest BCUT2D eigenvalue weighted by atomic mass is 9.87. The number of allylic oxidation sites excluding steroid dienone is 1. The van der Waals surface area contributed by atoms with E-state index in [2.05, 4.69) is 6.58 Å². The van der Waals surface area contributed by atoms with Gasteiger partial charge in [-0.3, -0.25) is 9.59 Å². The van der Waals surface area contributed by atoms with E-state index >= 15 is 0 Å². The molecule has 7 nitrogen and oxygen atoms in total. The van der Waals surface area contributed by atoms with E-state index in [9.17, 15) is 9.59 Å². The quantitative estimate of drug-likeness (QED) is 0.533. The molecule has 0 amide bonds. The van der Waals surface area contributed by atoms with E-state index in [1.807, 2.05) is 30.3 Å². The highest BCUT2D eigenvalue weighted by Gasteiger charge is 2.56. The Kier molecular flexibility index (Phi) is 6.24. The van der Waals surface area contributed by atoms with Crippen molar-refractivity contribution in [1.29, 1.82) is 0 Å². The van der Waals surface area contributed by atoms with Crippen LogP contribution in [-0.4, -0.2) is 56.4 Å². The summed E-state index contributed by atoms with van der Waals surface area (Å²) in [7, 11) is 2.97. The molecule has 7 heteroatoms. The van der Waals surface area contributed by atoms with Gasteiger partial charge in [-0.1, -0.05) is 36.9 Å². The topological polar surface area (TPSA) is 80.3 Å². The number of rotatable bonds is 6. The second-order valence-electron chi connectivity index (χ2n) is 7.64. The Morgan fingerprint density at radius 2 is 1.76 bits per heavy atom. The molecule has 1 aromatic carbocycles. The Morgan fingerprint density at radius 3 is 2.34 bits per heavy atom. The molecule has 3 rings (SSSR count). The molecule has 2 aliphatic heterocycles. The van der Waals surface area contributed by atoms with Crippen molar-refractivity contribution in [2.24, 2.45) is 5.92 Å². The molecule has 5 atom stereocenters. The van der Waals surface area contributed by atoms with Gasteiger partial charge in [0.15, 0.2) is 5.78 Å². The number of ether oxygens (including phenoxy) is 5. The first kappa shape index (κ1) is 21.6. The standard InChI is InChI=1S/C22H28O7/c1-14(15-9-7-6-8-10-15)11-16-17(23)12-18(28-20(16)24)19-13-27-21(2,25-4)22(3,26-5)29-19/h6-10,16,18-19H,1,11-13H2,2-5H3/t16-,18?,19+,21-,22-/m1/s1. The van der Waals surface area contributed by atoms with Gasteiger partial charge in [0, 0.05) is 20.6 Å². The molecular weight excluding hydrogens is 376 g/mol. The Labute approximate surface area is 170 Å². The number of carbonyl (C=O) groups is 2. The average molecular weight is 404 g/mol. The monoisotopic (exact) mass is 404 g/mol. The summed E-state index contributed by atoms with van der Waals surface area (Å²) in [4.78, 5) is 25.3. The van der Waals surface area contributed by atoms with Crippen LogP contribution in [0.4, 0.5) is 0 Å². The van der Waals surface area contributed by atoms with Crippen LogP contribution < -0.4 is 0 Å². The third-order valence-corrected chi connectivity index (χ3v) is 5.89. The van der Waals surface area contributed by atoms with E-state index in [1.54, 1.807) is 13.8 Å². The summed E-state index contributed by atoms with van der Waals surface area (Å²) in [5.41, 5.74) is 1.62. The number of cyclic esters (lactones) is 1. The van der Waals surface area contributed by atoms with Crippen LogP contribution in [0.3, 0.4) is 0 Å². The lowest BCUT2D eigenvalue weighted by Crippen LogP contribution is -2.64. The number of hydrogen-bond acceptors (Lipinski definition) is 7. The van der Waals surface area contributed by atoms with E-state index in [0.29, 0.717) is 0 Å². The zero-order valence-electron chi connectivity index (χ0n) is 17.3. The van der Waals surface area contributed by atoms with Gasteiger partial charge in [0.1, 0.15) is 18.1 Å². The Morgan fingerprint density at radius 1 is 1.10 bits per heavy atom.